The first-order valence-corrected chi connectivity index (χ1v) is 14.2. The fourth-order valence-corrected chi connectivity index (χ4v) is 6.19. The zero-order valence-electron chi connectivity index (χ0n) is 20.8. The zero-order valence-corrected chi connectivity index (χ0v) is 24.0. The molecule has 2 aliphatic rings. The second-order valence-electron chi connectivity index (χ2n) is 9.52. The number of nitrogens with zero attached hydrogens (tertiary/aromatic N) is 4. The van der Waals surface area contributed by atoms with Crippen LogP contribution in [0.3, 0.4) is 0 Å². The van der Waals surface area contributed by atoms with Gasteiger partial charge in [-0.15, -0.1) is 0 Å². The predicted molar refractivity (Wildman–Crippen MR) is 154 cm³/mol. The van der Waals surface area contributed by atoms with Crippen molar-refractivity contribution < 1.29 is 9.53 Å². The zero-order chi connectivity index (χ0) is 26.5. The minimum absolute atomic E-state index is 0.0230. The van der Waals surface area contributed by atoms with Gasteiger partial charge in [0.2, 0.25) is 0 Å². The molecule has 7 nitrogen and oxygen atoms in total. The van der Waals surface area contributed by atoms with Crippen molar-refractivity contribution in [1.82, 2.24) is 15.3 Å². The van der Waals surface area contributed by atoms with Gasteiger partial charge >= 0.3 is 0 Å². The summed E-state index contributed by atoms with van der Waals surface area (Å²) < 4.78 is 6.94. The monoisotopic (exact) mass is 635 g/mol. The van der Waals surface area contributed by atoms with Crippen molar-refractivity contribution in [3.63, 3.8) is 0 Å². The SMILES string of the molecule is N#CC(=Cc1ncc(Br)cc1Br)C(=O)NC1(c2ccc(-c3ccc(N4CCOCC4)nc3)cc2)CCCC1. The van der Waals surface area contributed by atoms with Gasteiger partial charge in [-0.25, -0.2) is 4.98 Å². The lowest BCUT2D eigenvalue weighted by atomic mass is 9.86. The van der Waals surface area contributed by atoms with Crippen molar-refractivity contribution >= 4 is 49.7 Å². The largest absolute Gasteiger partial charge is 0.378 e. The van der Waals surface area contributed by atoms with Crippen LogP contribution in [0.25, 0.3) is 17.2 Å². The average Bonchev–Trinajstić information content (AvgIpc) is 3.43. The number of anilines is 1. The third-order valence-electron chi connectivity index (χ3n) is 7.15. The van der Waals surface area contributed by atoms with Crippen LogP contribution in [-0.4, -0.2) is 42.2 Å². The van der Waals surface area contributed by atoms with E-state index in [0.29, 0.717) is 10.2 Å². The van der Waals surface area contributed by atoms with Gasteiger partial charge in [0, 0.05) is 40.0 Å². The van der Waals surface area contributed by atoms with Crippen molar-refractivity contribution in [2.45, 2.75) is 31.2 Å². The van der Waals surface area contributed by atoms with Crippen LogP contribution in [0.2, 0.25) is 0 Å². The van der Waals surface area contributed by atoms with Crippen molar-refractivity contribution in [3.8, 4) is 17.2 Å². The van der Waals surface area contributed by atoms with Gasteiger partial charge in [-0.1, -0.05) is 37.1 Å². The molecule has 0 atom stereocenters. The van der Waals surface area contributed by atoms with E-state index < -0.39 is 11.4 Å². The number of rotatable bonds is 6. The molecular formula is C29H27Br2N5O2. The Balaban J connectivity index is 1.34. The van der Waals surface area contributed by atoms with Gasteiger partial charge in [-0.2, -0.15) is 5.26 Å². The lowest BCUT2D eigenvalue weighted by Gasteiger charge is -2.31. The second-order valence-corrected chi connectivity index (χ2v) is 11.3. The molecule has 1 amide bonds. The van der Waals surface area contributed by atoms with Gasteiger partial charge in [-0.05, 0) is 80.1 Å². The predicted octanol–water partition coefficient (Wildman–Crippen LogP) is 6.00. The fourth-order valence-electron chi connectivity index (χ4n) is 5.08. The summed E-state index contributed by atoms with van der Waals surface area (Å²) >= 11 is 6.82. The van der Waals surface area contributed by atoms with Crippen molar-refractivity contribution in [1.29, 1.82) is 5.26 Å². The molecule has 38 heavy (non-hydrogen) atoms. The molecule has 1 aliphatic heterocycles. The summed E-state index contributed by atoms with van der Waals surface area (Å²) in [5.41, 5.74) is 3.20. The molecule has 1 aliphatic carbocycles. The maximum atomic E-state index is 13.3. The number of benzene rings is 1. The highest BCUT2D eigenvalue weighted by Gasteiger charge is 2.37. The first-order chi connectivity index (χ1) is 18.5. The van der Waals surface area contributed by atoms with Gasteiger partial charge in [-0.3, -0.25) is 9.78 Å². The second kappa shape index (κ2) is 11.8. The number of carbonyl (C=O) groups excluding carboxylic acids is 1. The van der Waals surface area contributed by atoms with Gasteiger partial charge in [0.05, 0.1) is 24.4 Å². The molecule has 2 aromatic heterocycles. The minimum atomic E-state index is -0.506. The first-order valence-electron chi connectivity index (χ1n) is 12.6. The first kappa shape index (κ1) is 26.5. The average molecular weight is 637 g/mol. The molecule has 0 bridgehead atoms. The normalized spacial score (nSPS) is 17.2. The van der Waals surface area contributed by atoms with Crippen LogP contribution in [-0.2, 0) is 15.1 Å². The molecule has 1 aromatic carbocycles. The van der Waals surface area contributed by atoms with Gasteiger partial charge in [0.15, 0.2) is 0 Å². The van der Waals surface area contributed by atoms with E-state index in [9.17, 15) is 10.1 Å². The van der Waals surface area contributed by atoms with Crippen LogP contribution in [0.4, 0.5) is 5.82 Å². The Morgan fingerprint density at radius 2 is 1.74 bits per heavy atom. The van der Waals surface area contributed by atoms with E-state index in [-0.39, 0.29) is 5.57 Å². The quantitative estimate of drug-likeness (QED) is 0.264. The Labute approximate surface area is 239 Å². The third-order valence-corrected chi connectivity index (χ3v) is 8.21. The van der Waals surface area contributed by atoms with Crippen LogP contribution in [0.15, 0.2) is 69.4 Å². The highest BCUT2D eigenvalue weighted by molar-refractivity contribution is 9.11. The number of aromatic nitrogens is 2. The lowest BCUT2D eigenvalue weighted by Crippen LogP contribution is -2.44. The highest BCUT2D eigenvalue weighted by atomic mass is 79.9. The van der Waals surface area contributed by atoms with Crippen LogP contribution < -0.4 is 10.2 Å². The Morgan fingerprint density at radius 3 is 2.37 bits per heavy atom. The van der Waals surface area contributed by atoms with Crippen molar-refractivity contribution in [3.05, 3.63) is 80.6 Å². The molecule has 5 rings (SSSR count). The molecule has 0 unspecified atom stereocenters. The Hall–Kier alpha value is -3.06. The number of ether oxygens (including phenoxy) is 1. The maximum Gasteiger partial charge on any atom is 0.262 e. The van der Waals surface area contributed by atoms with E-state index in [1.807, 2.05) is 12.3 Å². The number of carbonyl (C=O) groups is 1. The molecule has 3 heterocycles. The van der Waals surface area contributed by atoms with E-state index in [1.54, 1.807) is 6.20 Å². The van der Waals surface area contributed by atoms with Gasteiger partial charge < -0.3 is 15.0 Å². The van der Waals surface area contributed by atoms with Crippen LogP contribution in [0.1, 0.15) is 36.9 Å². The Kier molecular flexibility index (Phi) is 8.22. The van der Waals surface area contributed by atoms with Gasteiger partial charge in [0.25, 0.3) is 5.91 Å². The van der Waals surface area contributed by atoms with Crippen LogP contribution in [0, 0.1) is 11.3 Å². The van der Waals surface area contributed by atoms with E-state index in [4.69, 9.17) is 4.74 Å². The van der Waals surface area contributed by atoms with Gasteiger partial charge in [0.1, 0.15) is 17.5 Å². The molecular weight excluding hydrogens is 610 g/mol. The third kappa shape index (κ3) is 5.83. The molecule has 0 radical (unpaired) electrons. The number of halogens is 2. The van der Waals surface area contributed by atoms with Crippen LogP contribution >= 0.6 is 31.9 Å². The van der Waals surface area contributed by atoms with Crippen LogP contribution in [0.5, 0.6) is 0 Å². The molecule has 1 saturated carbocycles. The smallest absolute Gasteiger partial charge is 0.262 e. The number of nitriles is 1. The van der Waals surface area contributed by atoms with E-state index in [0.717, 1.165) is 79.0 Å². The van der Waals surface area contributed by atoms with E-state index >= 15 is 0 Å². The topological polar surface area (TPSA) is 91.1 Å². The standard InChI is InChI=1S/C29H27Br2N5O2/c30-24-16-25(31)26(33-19-24)15-22(17-32)28(37)35-29(9-1-2-10-29)23-6-3-20(4-7-23)21-5-8-27(34-18-21)36-11-13-38-14-12-36/h3-8,15-16,18-19H,1-2,9-14H2,(H,35,37). The summed E-state index contributed by atoms with van der Waals surface area (Å²) in [6.07, 6.45) is 8.74. The van der Waals surface area contributed by atoms with Crippen molar-refractivity contribution in [2.24, 2.45) is 0 Å². The molecule has 2 fully saturated rings. The van der Waals surface area contributed by atoms with E-state index in [1.165, 1.54) is 6.08 Å². The lowest BCUT2D eigenvalue weighted by molar-refractivity contribution is -0.119. The molecule has 1 saturated heterocycles. The summed E-state index contributed by atoms with van der Waals surface area (Å²) in [7, 11) is 0. The molecule has 0 spiro atoms. The number of nitrogens with one attached hydrogen (secondary N) is 1. The highest BCUT2D eigenvalue weighted by Crippen LogP contribution is 2.40. The van der Waals surface area contributed by atoms with E-state index in [2.05, 4.69) is 94.5 Å². The molecule has 1 N–H and O–H groups in total. The Morgan fingerprint density at radius 1 is 1.03 bits per heavy atom. The summed E-state index contributed by atoms with van der Waals surface area (Å²) in [4.78, 5) is 24.5. The molecule has 3 aromatic rings. The summed E-state index contributed by atoms with van der Waals surface area (Å²) in [6.45, 7) is 3.17. The maximum absolute atomic E-state index is 13.3. The number of amides is 1. The number of morpholine rings is 1. The van der Waals surface area contributed by atoms with Crippen molar-refractivity contribution in [2.75, 3.05) is 31.2 Å². The summed E-state index contributed by atoms with van der Waals surface area (Å²) in [5, 5.41) is 13.0. The number of pyridine rings is 2. The fraction of sp³-hybridized carbons (Fsp3) is 0.310. The molecule has 9 heteroatoms. The summed E-state index contributed by atoms with van der Waals surface area (Å²) in [5.74, 6) is 0.575. The Bertz CT molecular complexity index is 1370. The molecule has 194 valence electrons. The summed E-state index contributed by atoms with van der Waals surface area (Å²) in [6, 6.07) is 16.4. The number of hydrogen-bond acceptors (Lipinski definition) is 6. The number of hydrogen-bond donors (Lipinski definition) is 1. The minimum Gasteiger partial charge on any atom is -0.378 e.